The van der Waals surface area contributed by atoms with Crippen LogP contribution in [0.15, 0.2) is 36.5 Å². The van der Waals surface area contributed by atoms with E-state index in [4.69, 9.17) is 4.74 Å². The van der Waals surface area contributed by atoms with E-state index in [-0.39, 0.29) is 24.1 Å². The van der Waals surface area contributed by atoms with Crippen molar-refractivity contribution in [1.82, 2.24) is 19.6 Å². The highest BCUT2D eigenvalue weighted by molar-refractivity contribution is 5.95. The van der Waals surface area contributed by atoms with Gasteiger partial charge in [-0.25, -0.2) is 13.8 Å². The highest BCUT2D eigenvalue weighted by Gasteiger charge is 2.29. The molecule has 1 aliphatic rings. The van der Waals surface area contributed by atoms with Crippen molar-refractivity contribution in [3.8, 4) is 5.75 Å². The van der Waals surface area contributed by atoms with Crippen molar-refractivity contribution in [1.29, 1.82) is 0 Å². The number of imidazole rings is 1. The molecule has 1 N–H and O–H groups in total. The lowest BCUT2D eigenvalue weighted by Gasteiger charge is -2.41. The number of halogens is 2. The number of carbonyl (C=O) groups is 1. The van der Waals surface area contributed by atoms with Gasteiger partial charge < -0.3 is 10.1 Å². The second-order valence-electron chi connectivity index (χ2n) is 9.68. The van der Waals surface area contributed by atoms with Gasteiger partial charge in [-0.2, -0.15) is 0 Å². The summed E-state index contributed by atoms with van der Waals surface area (Å²) in [5, 5.41) is 3.23. The maximum absolute atomic E-state index is 14.0. The van der Waals surface area contributed by atoms with Crippen LogP contribution in [-0.2, 0) is 6.61 Å². The monoisotopic (exact) mass is 498 g/mol. The summed E-state index contributed by atoms with van der Waals surface area (Å²) in [6, 6.07) is 8.21. The molecule has 3 atom stereocenters. The van der Waals surface area contributed by atoms with Crippen LogP contribution in [0.3, 0.4) is 0 Å². The highest BCUT2D eigenvalue weighted by atomic mass is 19.1. The van der Waals surface area contributed by atoms with E-state index in [0.29, 0.717) is 34.9 Å². The Hall–Kier alpha value is -3.00. The topological polar surface area (TPSA) is 58.9 Å². The molecule has 3 aromatic rings. The first-order chi connectivity index (χ1) is 17.3. The van der Waals surface area contributed by atoms with Crippen molar-refractivity contribution in [2.75, 3.05) is 6.54 Å². The zero-order chi connectivity index (χ0) is 25.8. The van der Waals surface area contributed by atoms with Gasteiger partial charge in [0, 0.05) is 24.3 Å². The van der Waals surface area contributed by atoms with Crippen LogP contribution in [0.25, 0.3) is 5.65 Å². The van der Waals surface area contributed by atoms with Crippen molar-refractivity contribution < 1.29 is 18.3 Å². The molecule has 1 fully saturated rings. The molecule has 3 unspecified atom stereocenters. The van der Waals surface area contributed by atoms with Gasteiger partial charge in [-0.3, -0.25) is 14.1 Å². The van der Waals surface area contributed by atoms with Crippen LogP contribution in [-0.4, -0.2) is 44.9 Å². The average Bonchev–Trinajstić information content (AvgIpc) is 3.20. The fourth-order valence-corrected chi connectivity index (χ4v) is 5.44. The molecule has 36 heavy (non-hydrogen) atoms. The quantitative estimate of drug-likeness (QED) is 0.414. The Bertz CT molecular complexity index is 1190. The number of carbonyl (C=O) groups excluding carboxylic acids is 1. The summed E-state index contributed by atoms with van der Waals surface area (Å²) in [7, 11) is 0. The van der Waals surface area contributed by atoms with E-state index in [1.807, 2.05) is 0 Å². The van der Waals surface area contributed by atoms with Gasteiger partial charge in [0.15, 0.2) is 11.4 Å². The molecule has 0 radical (unpaired) electrons. The lowest BCUT2D eigenvalue weighted by Crippen LogP contribution is -2.48. The van der Waals surface area contributed by atoms with Crippen LogP contribution in [0, 0.1) is 18.6 Å². The van der Waals surface area contributed by atoms with Crippen molar-refractivity contribution in [2.45, 2.75) is 84.5 Å². The molecule has 0 spiro atoms. The smallest absolute Gasteiger partial charge is 0.270 e. The second kappa shape index (κ2) is 11.4. The minimum Gasteiger partial charge on any atom is -0.485 e. The van der Waals surface area contributed by atoms with Gasteiger partial charge in [0.25, 0.3) is 5.91 Å². The lowest BCUT2D eigenvalue weighted by molar-refractivity contribution is 0.0791. The molecule has 0 bridgehead atoms. The lowest BCUT2D eigenvalue weighted by atomic mass is 9.91. The standard InChI is InChI=1S/C28H36F2N4O2/c1-5-20(16-21-11-7-10-18(3)33(21)6-2)32-28(35)26-19(4)31-27-25(14-9-15-34(26)27)36-17-22-23(29)12-8-13-24(22)30/h8-9,12-15,18,20-21H,5-7,10-11,16-17H2,1-4H3,(H,32,35). The minimum atomic E-state index is -0.666. The number of aromatic nitrogens is 2. The van der Waals surface area contributed by atoms with E-state index >= 15 is 0 Å². The largest absolute Gasteiger partial charge is 0.485 e. The summed E-state index contributed by atoms with van der Waals surface area (Å²) in [5.41, 5.74) is 1.29. The van der Waals surface area contributed by atoms with E-state index in [0.717, 1.165) is 25.8 Å². The van der Waals surface area contributed by atoms with E-state index in [9.17, 15) is 13.6 Å². The predicted octanol–water partition coefficient (Wildman–Crippen LogP) is 5.66. The maximum Gasteiger partial charge on any atom is 0.270 e. The van der Waals surface area contributed by atoms with Crippen LogP contribution < -0.4 is 10.1 Å². The summed E-state index contributed by atoms with van der Waals surface area (Å²) >= 11 is 0. The molecule has 1 saturated heterocycles. The number of nitrogens with one attached hydrogen (secondary N) is 1. The van der Waals surface area contributed by atoms with Gasteiger partial charge in [-0.15, -0.1) is 0 Å². The number of benzene rings is 1. The van der Waals surface area contributed by atoms with Crippen LogP contribution in [0.2, 0.25) is 0 Å². The number of rotatable bonds is 9. The van der Waals surface area contributed by atoms with Crippen LogP contribution >= 0.6 is 0 Å². The van der Waals surface area contributed by atoms with E-state index < -0.39 is 11.6 Å². The van der Waals surface area contributed by atoms with Gasteiger partial charge in [0.2, 0.25) is 0 Å². The Morgan fingerprint density at radius 1 is 1.19 bits per heavy atom. The summed E-state index contributed by atoms with van der Waals surface area (Å²) in [6.07, 6.45) is 7.11. The number of aryl methyl sites for hydroxylation is 1. The minimum absolute atomic E-state index is 0.0512. The number of hydrogen-bond donors (Lipinski definition) is 1. The molecule has 1 aromatic carbocycles. The second-order valence-corrected chi connectivity index (χ2v) is 9.68. The number of likely N-dealkylation sites (tertiary alicyclic amines) is 1. The Morgan fingerprint density at radius 3 is 2.64 bits per heavy atom. The fourth-order valence-electron chi connectivity index (χ4n) is 5.44. The molecule has 3 heterocycles. The Morgan fingerprint density at radius 2 is 1.94 bits per heavy atom. The molecule has 194 valence electrons. The summed E-state index contributed by atoms with van der Waals surface area (Å²) in [4.78, 5) is 20.5. The molecule has 0 aliphatic carbocycles. The van der Waals surface area contributed by atoms with E-state index in [1.165, 1.54) is 31.0 Å². The van der Waals surface area contributed by atoms with Crippen molar-refractivity contribution in [3.63, 3.8) is 0 Å². The first kappa shape index (κ1) is 26.1. The summed E-state index contributed by atoms with van der Waals surface area (Å²) in [6.45, 7) is 9.11. The van der Waals surface area contributed by atoms with Crippen molar-refractivity contribution >= 4 is 11.6 Å². The molecule has 4 rings (SSSR count). The van der Waals surface area contributed by atoms with Crippen LogP contribution in [0.4, 0.5) is 8.78 Å². The van der Waals surface area contributed by atoms with Gasteiger partial charge in [0.1, 0.15) is 23.9 Å². The Labute approximate surface area is 211 Å². The van der Waals surface area contributed by atoms with Gasteiger partial charge in [-0.05, 0) is 70.3 Å². The summed E-state index contributed by atoms with van der Waals surface area (Å²) < 4.78 is 35.5. The first-order valence-electron chi connectivity index (χ1n) is 12.9. The zero-order valence-electron chi connectivity index (χ0n) is 21.6. The van der Waals surface area contributed by atoms with Crippen LogP contribution in [0.1, 0.15) is 74.6 Å². The van der Waals surface area contributed by atoms with E-state index in [2.05, 4.69) is 36.0 Å². The fraction of sp³-hybridized carbons (Fsp3) is 0.500. The normalized spacial score (nSPS) is 19.4. The first-order valence-corrected chi connectivity index (χ1v) is 12.9. The van der Waals surface area contributed by atoms with Gasteiger partial charge in [-0.1, -0.05) is 26.3 Å². The molecule has 2 aromatic heterocycles. The molecule has 6 nitrogen and oxygen atoms in total. The molecular weight excluding hydrogens is 462 g/mol. The number of amides is 1. The maximum atomic E-state index is 14.0. The third-order valence-electron chi connectivity index (χ3n) is 7.38. The molecule has 0 saturated carbocycles. The number of fused-ring (bicyclic) bond motifs is 1. The average molecular weight is 499 g/mol. The van der Waals surface area contributed by atoms with Gasteiger partial charge in [0.05, 0.1) is 11.3 Å². The zero-order valence-corrected chi connectivity index (χ0v) is 21.6. The van der Waals surface area contributed by atoms with Crippen LogP contribution in [0.5, 0.6) is 5.75 Å². The molecule has 1 aliphatic heterocycles. The third-order valence-corrected chi connectivity index (χ3v) is 7.38. The SMILES string of the molecule is CCC(CC1CCCC(C)N1CC)NC(=O)c1c(C)nc2c(OCc3c(F)cccc3F)cccn12. The predicted molar refractivity (Wildman–Crippen MR) is 136 cm³/mol. The van der Waals surface area contributed by atoms with Gasteiger partial charge >= 0.3 is 0 Å². The van der Waals surface area contributed by atoms with E-state index in [1.54, 1.807) is 29.7 Å². The van der Waals surface area contributed by atoms with Crippen molar-refractivity contribution in [2.24, 2.45) is 0 Å². The Kier molecular flexibility index (Phi) is 8.24. The molecule has 1 amide bonds. The summed E-state index contributed by atoms with van der Waals surface area (Å²) in [5.74, 6) is -1.16. The molecule has 8 heteroatoms. The highest BCUT2D eigenvalue weighted by Crippen LogP contribution is 2.27. The number of nitrogens with zero attached hydrogens (tertiary/aromatic N) is 3. The Balaban J connectivity index is 1.52. The molecular formula is C28H36F2N4O2. The number of piperidine rings is 1. The number of pyridine rings is 1. The number of ether oxygens (including phenoxy) is 1. The van der Waals surface area contributed by atoms with Crippen molar-refractivity contribution in [3.05, 3.63) is 65.1 Å². The third kappa shape index (κ3) is 5.38. The number of hydrogen-bond acceptors (Lipinski definition) is 4.